The summed E-state index contributed by atoms with van der Waals surface area (Å²) in [6, 6.07) is 21.8. The second-order valence-corrected chi connectivity index (χ2v) is 10.2. The lowest BCUT2D eigenvalue weighted by atomic mass is 9.99. The molecule has 3 aromatic rings. The highest BCUT2D eigenvalue weighted by Crippen LogP contribution is 2.24. The van der Waals surface area contributed by atoms with Crippen molar-refractivity contribution in [3.63, 3.8) is 0 Å². The van der Waals surface area contributed by atoms with Crippen molar-refractivity contribution in [2.24, 2.45) is 5.92 Å². The molecule has 1 atom stereocenters. The zero-order valence-corrected chi connectivity index (χ0v) is 19.5. The molecule has 178 valence electrons. The van der Waals surface area contributed by atoms with Gasteiger partial charge in [-0.2, -0.15) is 4.31 Å². The van der Waals surface area contributed by atoms with E-state index in [2.05, 4.69) is 5.32 Å². The van der Waals surface area contributed by atoms with Gasteiger partial charge in [0.1, 0.15) is 18.2 Å². The Bertz CT molecular complexity index is 1200. The number of sulfonamides is 1. The van der Waals surface area contributed by atoms with E-state index < -0.39 is 10.0 Å². The number of ether oxygens (including phenoxy) is 1. The molecule has 1 aliphatic rings. The summed E-state index contributed by atoms with van der Waals surface area (Å²) in [6.45, 7) is 1.28. The molecule has 0 bridgehead atoms. The number of piperidine rings is 1. The Balaban J connectivity index is 1.28. The fourth-order valence-corrected chi connectivity index (χ4v) is 5.45. The molecule has 1 unspecified atom stereocenters. The third-order valence-corrected chi connectivity index (χ3v) is 7.72. The highest BCUT2D eigenvalue weighted by molar-refractivity contribution is 7.89. The smallest absolute Gasteiger partial charge is 0.243 e. The first kappa shape index (κ1) is 23.9. The van der Waals surface area contributed by atoms with Gasteiger partial charge in [0.05, 0.1) is 10.8 Å². The predicted molar refractivity (Wildman–Crippen MR) is 127 cm³/mol. The minimum absolute atomic E-state index is 0.149. The normalized spacial score (nSPS) is 16.7. The van der Waals surface area contributed by atoms with E-state index in [1.807, 2.05) is 24.3 Å². The molecule has 8 heteroatoms. The van der Waals surface area contributed by atoms with Crippen LogP contribution in [0.25, 0.3) is 0 Å². The van der Waals surface area contributed by atoms with Crippen molar-refractivity contribution in [3.05, 3.63) is 95.8 Å². The van der Waals surface area contributed by atoms with Gasteiger partial charge in [0, 0.05) is 19.6 Å². The largest absolute Gasteiger partial charge is 0.489 e. The standard InChI is InChI=1S/C26H27FN2O4S/c27-23-12-8-21(9-13-23)19-33-24-14-10-20(11-15-24)17-28-26(30)22-5-4-16-29(18-22)34(31,32)25-6-2-1-3-7-25/h1-3,6-15,22H,4-5,16-19H2,(H,28,30). The van der Waals surface area contributed by atoms with Crippen molar-refractivity contribution in [2.45, 2.75) is 30.9 Å². The van der Waals surface area contributed by atoms with Gasteiger partial charge < -0.3 is 10.1 Å². The Hall–Kier alpha value is -3.23. The predicted octanol–water partition coefficient (Wildman–Crippen LogP) is 4.12. The summed E-state index contributed by atoms with van der Waals surface area (Å²) < 4.78 is 45.9. The van der Waals surface area contributed by atoms with Gasteiger partial charge >= 0.3 is 0 Å². The molecule has 1 N–H and O–H groups in total. The van der Waals surface area contributed by atoms with E-state index in [-0.39, 0.29) is 29.1 Å². The summed E-state index contributed by atoms with van der Waals surface area (Å²) in [5, 5.41) is 2.93. The van der Waals surface area contributed by atoms with Crippen molar-refractivity contribution in [1.29, 1.82) is 0 Å². The number of amides is 1. The molecule has 1 aliphatic heterocycles. The van der Waals surface area contributed by atoms with Gasteiger partial charge in [-0.1, -0.05) is 42.5 Å². The molecule has 1 heterocycles. The zero-order chi connectivity index (χ0) is 24.0. The Morgan fingerprint density at radius 2 is 1.65 bits per heavy atom. The molecule has 1 saturated heterocycles. The van der Waals surface area contributed by atoms with Gasteiger partial charge in [0.2, 0.25) is 15.9 Å². The lowest BCUT2D eigenvalue weighted by molar-refractivity contribution is -0.126. The van der Waals surface area contributed by atoms with Crippen molar-refractivity contribution in [2.75, 3.05) is 13.1 Å². The zero-order valence-electron chi connectivity index (χ0n) is 18.7. The van der Waals surface area contributed by atoms with Crippen LogP contribution < -0.4 is 10.1 Å². The first-order valence-corrected chi connectivity index (χ1v) is 12.6. The summed E-state index contributed by atoms with van der Waals surface area (Å²) in [7, 11) is -3.61. The van der Waals surface area contributed by atoms with E-state index in [9.17, 15) is 17.6 Å². The lowest BCUT2D eigenvalue weighted by Crippen LogP contribution is -2.45. The first-order chi connectivity index (χ1) is 16.4. The molecule has 0 saturated carbocycles. The average Bonchev–Trinajstić information content (AvgIpc) is 2.88. The number of benzene rings is 3. The van der Waals surface area contributed by atoms with E-state index in [0.29, 0.717) is 38.3 Å². The van der Waals surface area contributed by atoms with Crippen LogP contribution in [0.3, 0.4) is 0 Å². The molecule has 4 rings (SSSR count). The summed E-state index contributed by atoms with van der Waals surface area (Å²) in [5.41, 5.74) is 1.78. The fraction of sp³-hybridized carbons (Fsp3) is 0.269. The number of rotatable bonds is 8. The van der Waals surface area contributed by atoms with Gasteiger partial charge in [0.25, 0.3) is 0 Å². The van der Waals surface area contributed by atoms with E-state index in [1.165, 1.54) is 16.4 Å². The Morgan fingerprint density at radius 1 is 0.971 bits per heavy atom. The van der Waals surface area contributed by atoms with Gasteiger partial charge in [-0.3, -0.25) is 4.79 Å². The number of hydrogen-bond donors (Lipinski definition) is 1. The van der Waals surface area contributed by atoms with E-state index in [1.54, 1.807) is 42.5 Å². The maximum Gasteiger partial charge on any atom is 0.243 e. The number of halogens is 1. The van der Waals surface area contributed by atoms with Crippen LogP contribution in [0.4, 0.5) is 4.39 Å². The highest BCUT2D eigenvalue weighted by atomic mass is 32.2. The minimum atomic E-state index is -3.61. The van der Waals surface area contributed by atoms with Gasteiger partial charge in [-0.05, 0) is 60.4 Å². The number of carbonyl (C=O) groups excluding carboxylic acids is 1. The van der Waals surface area contributed by atoms with E-state index in [4.69, 9.17) is 4.74 Å². The van der Waals surface area contributed by atoms with Crippen LogP contribution in [-0.2, 0) is 28.0 Å². The van der Waals surface area contributed by atoms with Crippen molar-refractivity contribution < 1.29 is 22.3 Å². The summed E-state index contributed by atoms with van der Waals surface area (Å²) in [4.78, 5) is 13.0. The van der Waals surface area contributed by atoms with Crippen LogP contribution in [0.15, 0.2) is 83.8 Å². The molecule has 1 amide bonds. The van der Waals surface area contributed by atoms with Crippen LogP contribution in [-0.4, -0.2) is 31.7 Å². The molecule has 0 spiro atoms. The first-order valence-electron chi connectivity index (χ1n) is 11.2. The number of hydrogen-bond acceptors (Lipinski definition) is 4. The van der Waals surface area contributed by atoms with Crippen molar-refractivity contribution in [3.8, 4) is 5.75 Å². The van der Waals surface area contributed by atoms with E-state index >= 15 is 0 Å². The summed E-state index contributed by atoms with van der Waals surface area (Å²) >= 11 is 0. The van der Waals surface area contributed by atoms with Crippen LogP contribution in [0.5, 0.6) is 5.75 Å². The molecule has 6 nitrogen and oxygen atoms in total. The SMILES string of the molecule is O=C(NCc1ccc(OCc2ccc(F)cc2)cc1)C1CCCN(S(=O)(=O)c2ccccc2)C1. The molecule has 3 aromatic carbocycles. The molecule has 0 aliphatic carbocycles. The molecule has 0 radical (unpaired) electrons. The third-order valence-electron chi connectivity index (χ3n) is 5.84. The number of nitrogens with one attached hydrogen (secondary N) is 1. The Kier molecular flexibility index (Phi) is 7.59. The van der Waals surface area contributed by atoms with Crippen LogP contribution in [0, 0.1) is 11.7 Å². The third kappa shape index (κ3) is 6.01. The van der Waals surface area contributed by atoms with Gasteiger partial charge in [0.15, 0.2) is 0 Å². The number of carbonyl (C=O) groups is 1. The van der Waals surface area contributed by atoms with Crippen molar-refractivity contribution in [1.82, 2.24) is 9.62 Å². The van der Waals surface area contributed by atoms with Crippen LogP contribution >= 0.6 is 0 Å². The van der Waals surface area contributed by atoms with Crippen molar-refractivity contribution >= 4 is 15.9 Å². The minimum Gasteiger partial charge on any atom is -0.489 e. The monoisotopic (exact) mass is 482 g/mol. The molecule has 0 aromatic heterocycles. The summed E-state index contributed by atoms with van der Waals surface area (Å²) in [6.07, 6.45) is 1.30. The Labute approximate surface area is 199 Å². The van der Waals surface area contributed by atoms with Gasteiger partial charge in [-0.25, -0.2) is 12.8 Å². The highest BCUT2D eigenvalue weighted by Gasteiger charge is 2.33. The lowest BCUT2D eigenvalue weighted by Gasteiger charge is -2.31. The second kappa shape index (κ2) is 10.8. The molecule has 1 fully saturated rings. The quantitative estimate of drug-likeness (QED) is 0.524. The number of nitrogens with zero attached hydrogens (tertiary/aromatic N) is 1. The maximum atomic E-state index is 13.0. The second-order valence-electron chi connectivity index (χ2n) is 8.29. The van der Waals surface area contributed by atoms with Crippen LogP contribution in [0.2, 0.25) is 0 Å². The van der Waals surface area contributed by atoms with Gasteiger partial charge in [-0.15, -0.1) is 0 Å². The molecular formula is C26H27FN2O4S. The average molecular weight is 483 g/mol. The topological polar surface area (TPSA) is 75.7 Å². The molecule has 34 heavy (non-hydrogen) atoms. The maximum absolute atomic E-state index is 13.0. The van der Waals surface area contributed by atoms with Crippen LogP contribution in [0.1, 0.15) is 24.0 Å². The summed E-state index contributed by atoms with van der Waals surface area (Å²) in [5.74, 6) is -0.141. The molecular weight excluding hydrogens is 455 g/mol. The van der Waals surface area contributed by atoms with E-state index in [0.717, 1.165) is 11.1 Å². The fourth-order valence-electron chi connectivity index (χ4n) is 3.90. The Morgan fingerprint density at radius 3 is 2.35 bits per heavy atom.